The van der Waals surface area contributed by atoms with Crippen LogP contribution >= 0.6 is 0 Å². The third-order valence-electron chi connectivity index (χ3n) is 2.75. The predicted molar refractivity (Wildman–Crippen MR) is 67.8 cm³/mol. The van der Waals surface area contributed by atoms with E-state index in [0.717, 1.165) is 16.5 Å². The molecule has 88 valence electrons. The summed E-state index contributed by atoms with van der Waals surface area (Å²) in [6.07, 6.45) is 1.76. The molecule has 0 saturated heterocycles. The van der Waals surface area contributed by atoms with Crippen LogP contribution in [0.3, 0.4) is 0 Å². The van der Waals surface area contributed by atoms with Crippen molar-refractivity contribution in [1.29, 1.82) is 0 Å². The summed E-state index contributed by atoms with van der Waals surface area (Å²) in [6, 6.07) is 15.7. The highest BCUT2D eigenvalue weighted by Gasteiger charge is 2.05. The van der Waals surface area contributed by atoms with Crippen molar-refractivity contribution >= 4 is 17.2 Å². The number of hydrogen-bond acceptors (Lipinski definition) is 3. The van der Waals surface area contributed by atoms with Gasteiger partial charge in [-0.2, -0.15) is 0 Å². The largest absolute Gasteiger partial charge is 0.408 e. The molecule has 0 atom stereocenters. The van der Waals surface area contributed by atoms with Gasteiger partial charge in [0.15, 0.2) is 0 Å². The van der Waals surface area contributed by atoms with Crippen LogP contribution in [0, 0.1) is 0 Å². The number of aromatic nitrogens is 2. The van der Waals surface area contributed by atoms with Gasteiger partial charge in [-0.15, -0.1) is 5.10 Å². The lowest BCUT2D eigenvalue weighted by Gasteiger charge is -2.05. The van der Waals surface area contributed by atoms with Gasteiger partial charge in [0.1, 0.15) is 0 Å². The Morgan fingerprint density at radius 3 is 2.78 bits per heavy atom. The fourth-order valence-electron chi connectivity index (χ4n) is 1.96. The standard InChI is InChI=1S/C14H10N2O2/c17-10-18-14-8-9-16(15-14)13-7-3-5-11-4-1-2-6-12(11)13/h1-10H. The topological polar surface area (TPSA) is 44.1 Å². The molecule has 0 bridgehead atoms. The normalized spacial score (nSPS) is 10.4. The van der Waals surface area contributed by atoms with Crippen LogP contribution in [-0.4, -0.2) is 16.3 Å². The van der Waals surface area contributed by atoms with Gasteiger partial charge in [-0.05, 0) is 11.5 Å². The summed E-state index contributed by atoms with van der Waals surface area (Å²) in [6.45, 7) is 0.371. The lowest BCUT2D eigenvalue weighted by Crippen LogP contribution is -1.97. The molecule has 0 amide bonds. The van der Waals surface area contributed by atoms with E-state index in [2.05, 4.69) is 5.10 Å². The van der Waals surface area contributed by atoms with Gasteiger partial charge in [0.25, 0.3) is 6.47 Å². The zero-order chi connectivity index (χ0) is 12.4. The number of carbonyl (C=O) groups is 1. The van der Waals surface area contributed by atoms with Gasteiger partial charge in [-0.1, -0.05) is 36.4 Å². The molecule has 0 fully saturated rings. The summed E-state index contributed by atoms with van der Waals surface area (Å²) in [7, 11) is 0. The van der Waals surface area contributed by atoms with Gasteiger partial charge in [0.05, 0.1) is 5.69 Å². The summed E-state index contributed by atoms with van der Waals surface area (Å²) in [4.78, 5) is 10.3. The molecule has 3 aromatic rings. The molecule has 0 radical (unpaired) electrons. The van der Waals surface area contributed by atoms with Crippen LogP contribution in [0.1, 0.15) is 0 Å². The van der Waals surface area contributed by atoms with E-state index in [1.54, 1.807) is 16.9 Å². The number of rotatable bonds is 3. The Morgan fingerprint density at radius 2 is 1.89 bits per heavy atom. The van der Waals surface area contributed by atoms with E-state index in [-0.39, 0.29) is 5.88 Å². The van der Waals surface area contributed by atoms with Crippen molar-refractivity contribution in [2.75, 3.05) is 0 Å². The number of carbonyl (C=O) groups excluding carboxylic acids is 1. The first-order valence-electron chi connectivity index (χ1n) is 5.52. The van der Waals surface area contributed by atoms with E-state index in [1.807, 2.05) is 42.5 Å². The van der Waals surface area contributed by atoms with E-state index in [0.29, 0.717) is 6.47 Å². The van der Waals surface area contributed by atoms with Crippen molar-refractivity contribution in [2.45, 2.75) is 0 Å². The van der Waals surface area contributed by atoms with Crippen LogP contribution in [0.15, 0.2) is 54.7 Å². The van der Waals surface area contributed by atoms with Crippen LogP contribution in [0.2, 0.25) is 0 Å². The molecule has 3 rings (SSSR count). The monoisotopic (exact) mass is 238 g/mol. The first-order chi connectivity index (χ1) is 8.88. The van der Waals surface area contributed by atoms with Crippen LogP contribution in [-0.2, 0) is 4.79 Å². The molecule has 1 aromatic heterocycles. The van der Waals surface area contributed by atoms with Gasteiger partial charge < -0.3 is 4.74 Å². The molecule has 1 heterocycles. The van der Waals surface area contributed by atoms with E-state index in [9.17, 15) is 4.79 Å². The second-order valence-corrected chi connectivity index (χ2v) is 3.81. The molecule has 2 aromatic carbocycles. The maximum atomic E-state index is 10.3. The number of ether oxygens (including phenoxy) is 1. The number of hydrogen-bond donors (Lipinski definition) is 0. The lowest BCUT2D eigenvalue weighted by molar-refractivity contribution is -0.120. The molecule has 0 aliphatic carbocycles. The second-order valence-electron chi connectivity index (χ2n) is 3.81. The molecule has 18 heavy (non-hydrogen) atoms. The number of benzene rings is 2. The Balaban J connectivity index is 2.15. The number of fused-ring (bicyclic) bond motifs is 1. The smallest absolute Gasteiger partial charge is 0.299 e. The molecular weight excluding hydrogens is 228 g/mol. The second kappa shape index (κ2) is 4.33. The Labute approximate surface area is 103 Å². The van der Waals surface area contributed by atoms with Gasteiger partial charge >= 0.3 is 0 Å². The summed E-state index contributed by atoms with van der Waals surface area (Å²) in [5, 5.41) is 6.42. The molecule has 0 aliphatic rings. The molecule has 0 aliphatic heterocycles. The zero-order valence-electron chi connectivity index (χ0n) is 9.48. The van der Waals surface area contributed by atoms with Crippen molar-refractivity contribution in [3.8, 4) is 11.6 Å². The molecule has 0 saturated carbocycles. The van der Waals surface area contributed by atoms with E-state index >= 15 is 0 Å². The highest BCUT2D eigenvalue weighted by atomic mass is 16.5. The molecule has 0 spiro atoms. The lowest BCUT2D eigenvalue weighted by atomic mass is 10.1. The summed E-state index contributed by atoms with van der Waals surface area (Å²) in [5.74, 6) is 0.290. The minimum atomic E-state index is 0.290. The summed E-state index contributed by atoms with van der Waals surface area (Å²) in [5.41, 5.74) is 0.953. The average Bonchev–Trinajstić information content (AvgIpc) is 2.87. The Hall–Kier alpha value is -2.62. The maximum absolute atomic E-state index is 10.3. The van der Waals surface area contributed by atoms with Gasteiger partial charge in [0.2, 0.25) is 5.88 Å². The zero-order valence-corrected chi connectivity index (χ0v) is 9.48. The summed E-state index contributed by atoms with van der Waals surface area (Å²) < 4.78 is 6.40. The third-order valence-corrected chi connectivity index (χ3v) is 2.75. The molecule has 4 nitrogen and oxygen atoms in total. The van der Waals surface area contributed by atoms with Crippen LogP contribution < -0.4 is 4.74 Å². The first-order valence-corrected chi connectivity index (χ1v) is 5.52. The van der Waals surface area contributed by atoms with Crippen molar-refractivity contribution < 1.29 is 9.53 Å². The minimum Gasteiger partial charge on any atom is -0.408 e. The molecule has 0 unspecified atom stereocenters. The van der Waals surface area contributed by atoms with Crippen LogP contribution in [0.4, 0.5) is 0 Å². The maximum Gasteiger partial charge on any atom is 0.299 e. The van der Waals surface area contributed by atoms with Crippen molar-refractivity contribution in [3.05, 3.63) is 54.7 Å². The Kier molecular flexibility index (Phi) is 2.53. The molecule has 0 N–H and O–H groups in total. The SMILES string of the molecule is O=COc1ccn(-c2cccc3ccccc23)n1. The fourth-order valence-corrected chi connectivity index (χ4v) is 1.96. The Bertz CT molecular complexity index is 698. The predicted octanol–water partition coefficient (Wildman–Crippen LogP) is 2.56. The van der Waals surface area contributed by atoms with Gasteiger partial charge in [0, 0.05) is 17.6 Å². The minimum absolute atomic E-state index is 0.290. The van der Waals surface area contributed by atoms with Crippen LogP contribution in [0.25, 0.3) is 16.5 Å². The molecule has 4 heteroatoms. The highest BCUT2D eigenvalue weighted by molar-refractivity contribution is 5.89. The Morgan fingerprint density at radius 1 is 1.06 bits per heavy atom. The van der Waals surface area contributed by atoms with Crippen molar-refractivity contribution in [3.63, 3.8) is 0 Å². The quantitative estimate of drug-likeness (QED) is 0.659. The van der Waals surface area contributed by atoms with E-state index < -0.39 is 0 Å². The van der Waals surface area contributed by atoms with Gasteiger partial charge in [-0.25, -0.2) is 4.68 Å². The van der Waals surface area contributed by atoms with Gasteiger partial charge in [-0.3, -0.25) is 4.79 Å². The average molecular weight is 238 g/mol. The van der Waals surface area contributed by atoms with Crippen LogP contribution in [0.5, 0.6) is 5.88 Å². The van der Waals surface area contributed by atoms with Crippen molar-refractivity contribution in [2.24, 2.45) is 0 Å². The molecular formula is C14H10N2O2. The van der Waals surface area contributed by atoms with E-state index in [4.69, 9.17) is 4.74 Å². The van der Waals surface area contributed by atoms with Crippen molar-refractivity contribution in [1.82, 2.24) is 9.78 Å². The highest BCUT2D eigenvalue weighted by Crippen LogP contribution is 2.22. The van der Waals surface area contributed by atoms with E-state index in [1.165, 1.54) is 0 Å². The number of nitrogens with zero attached hydrogens (tertiary/aromatic N) is 2. The third kappa shape index (κ3) is 1.73. The summed E-state index contributed by atoms with van der Waals surface area (Å²) >= 11 is 0. The fraction of sp³-hybridized carbons (Fsp3) is 0. The first kappa shape index (κ1) is 10.5.